The van der Waals surface area contributed by atoms with Gasteiger partial charge in [0.1, 0.15) is 0 Å². The molecule has 0 unspecified atom stereocenters. The molecule has 2 aromatic carbocycles. The summed E-state index contributed by atoms with van der Waals surface area (Å²) in [4.78, 5) is 13.3. The molecule has 5 N–H and O–H groups in total. The van der Waals surface area contributed by atoms with Gasteiger partial charge in [-0.15, -0.1) is 0 Å². The van der Waals surface area contributed by atoms with Crippen LogP contribution >= 0.6 is 0 Å². The molecule has 0 aliphatic heterocycles. The van der Waals surface area contributed by atoms with Gasteiger partial charge in [-0.25, -0.2) is 4.98 Å². The van der Waals surface area contributed by atoms with Gasteiger partial charge in [-0.1, -0.05) is 0 Å². The fourth-order valence-electron chi connectivity index (χ4n) is 2.01. The van der Waals surface area contributed by atoms with Crippen molar-refractivity contribution in [1.82, 2.24) is 15.0 Å². The van der Waals surface area contributed by atoms with E-state index in [0.717, 1.165) is 11.1 Å². The van der Waals surface area contributed by atoms with Crippen molar-refractivity contribution in [1.29, 1.82) is 0 Å². The van der Waals surface area contributed by atoms with Crippen molar-refractivity contribution >= 4 is 17.3 Å². The first kappa shape index (κ1) is 13.8. The fraction of sp³-hybridized carbons (Fsp3) is 0.0625. The first-order chi connectivity index (χ1) is 10.7. The second-order valence-electron chi connectivity index (χ2n) is 4.80. The van der Waals surface area contributed by atoms with E-state index in [4.69, 9.17) is 11.5 Å². The zero-order valence-corrected chi connectivity index (χ0v) is 12.1. The van der Waals surface area contributed by atoms with Crippen LogP contribution in [0.1, 0.15) is 0 Å². The molecule has 0 aliphatic carbocycles. The minimum Gasteiger partial charge on any atom is -0.399 e. The maximum absolute atomic E-state index is 5.72. The highest BCUT2D eigenvalue weighted by atomic mass is 15.1. The molecule has 3 rings (SSSR count). The van der Waals surface area contributed by atoms with Gasteiger partial charge in [0.25, 0.3) is 0 Å². The van der Waals surface area contributed by atoms with Crippen LogP contribution in [0.25, 0.3) is 22.8 Å². The number of nitrogen functional groups attached to an aromatic ring is 2. The SMILES string of the molecule is CNc1nc(-c2ccc(N)cc2)nc(-c2ccc(N)cc2)n1. The minimum atomic E-state index is 0.508. The summed E-state index contributed by atoms with van der Waals surface area (Å²) in [5, 5.41) is 2.96. The van der Waals surface area contributed by atoms with Gasteiger partial charge in [0, 0.05) is 29.5 Å². The van der Waals surface area contributed by atoms with Crippen LogP contribution in [0, 0.1) is 0 Å². The zero-order chi connectivity index (χ0) is 15.5. The number of nitrogens with zero attached hydrogens (tertiary/aromatic N) is 3. The minimum absolute atomic E-state index is 0.508. The third kappa shape index (κ3) is 2.80. The van der Waals surface area contributed by atoms with E-state index in [1.165, 1.54) is 0 Å². The molecule has 3 aromatic rings. The maximum Gasteiger partial charge on any atom is 0.226 e. The third-order valence-electron chi connectivity index (χ3n) is 3.20. The Labute approximate surface area is 128 Å². The topological polar surface area (TPSA) is 103 Å². The lowest BCUT2D eigenvalue weighted by atomic mass is 10.1. The van der Waals surface area contributed by atoms with Gasteiger partial charge in [0.2, 0.25) is 5.95 Å². The standard InChI is InChI=1S/C16H16N6/c1-19-16-21-14(10-2-6-12(17)7-3-10)20-15(22-16)11-4-8-13(18)9-5-11/h2-9H,17-18H2,1H3,(H,19,20,21,22). The van der Waals surface area contributed by atoms with Gasteiger partial charge < -0.3 is 16.8 Å². The molecule has 110 valence electrons. The maximum atomic E-state index is 5.72. The predicted octanol–water partition coefficient (Wildman–Crippen LogP) is 2.41. The van der Waals surface area contributed by atoms with Crippen molar-refractivity contribution in [2.45, 2.75) is 0 Å². The summed E-state index contributed by atoms with van der Waals surface area (Å²) in [6, 6.07) is 14.8. The first-order valence-electron chi connectivity index (χ1n) is 6.81. The summed E-state index contributed by atoms with van der Waals surface area (Å²) >= 11 is 0. The predicted molar refractivity (Wildman–Crippen MR) is 89.1 cm³/mol. The van der Waals surface area contributed by atoms with Gasteiger partial charge in [-0.2, -0.15) is 9.97 Å². The molecule has 6 nitrogen and oxygen atoms in total. The Bertz CT molecular complexity index is 717. The summed E-state index contributed by atoms with van der Waals surface area (Å²) in [5.74, 6) is 1.69. The monoisotopic (exact) mass is 292 g/mol. The molecule has 6 heteroatoms. The highest BCUT2D eigenvalue weighted by Gasteiger charge is 2.09. The van der Waals surface area contributed by atoms with Crippen LogP contribution in [-0.2, 0) is 0 Å². The Balaban J connectivity index is 2.10. The quantitative estimate of drug-likeness (QED) is 0.641. The smallest absolute Gasteiger partial charge is 0.226 e. The number of hydrogen-bond acceptors (Lipinski definition) is 6. The number of benzene rings is 2. The molecule has 1 aromatic heterocycles. The molecule has 0 saturated carbocycles. The number of nitrogens with two attached hydrogens (primary N) is 2. The van der Waals surface area contributed by atoms with E-state index < -0.39 is 0 Å². The fourth-order valence-corrected chi connectivity index (χ4v) is 2.01. The molecule has 0 aliphatic rings. The summed E-state index contributed by atoms with van der Waals surface area (Å²) < 4.78 is 0. The van der Waals surface area contributed by atoms with Crippen LogP contribution in [0.5, 0.6) is 0 Å². The molecular weight excluding hydrogens is 276 g/mol. The zero-order valence-electron chi connectivity index (χ0n) is 12.1. The molecule has 0 fully saturated rings. The molecule has 0 amide bonds. The van der Waals surface area contributed by atoms with Crippen LogP contribution in [0.3, 0.4) is 0 Å². The molecular formula is C16H16N6. The molecule has 1 heterocycles. The largest absolute Gasteiger partial charge is 0.399 e. The average molecular weight is 292 g/mol. The highest BCUT2D eigenvalue weighted by molar-refractivity contribution is 5.65. The molecule has 0 atom stereocenters. The van der Waals surface area contributed by atoms with Crippen LogP contribution < -0.4 is 16.8 Å². The summed E-state index contributed by atoms with van der Waals surface area (Å²) in [7, 11) is 1.77. The van der Waals surface area contributed by atoms with Crippen molar-refractivity contribution in [3.8, 4) is 22.8 Å². The summed E-state index contributed by atoms with van der Waals surface area (Å²) in [6.07, 6.45) is 0. The average Bonchev–Trinajstić information content (AvgIpc) is 2.55. The number of nitrogens with one attached hydrogen (secondary N) is 1. The van der Waals surface area contributed by atoms with Gasteiger partial charge in [-0.3, -0.25) is 0 Å². The molecule has 0 radical (unpaired) electrons. The lowest BCUT2D eigenvalue weighted by Gasteiger charge is -2.07. The van der Waals surface area contributed by atoms with Crippen molar-refractivity contribution in [3.63, 3.8) is 0 Å². The number of anilines is 3. The molecule has 0 bridgehead atoms. The Hall–Kier alpha value is -3.15. The lowest BCUT2D eigenvalue weighted by Crippen LogP contribution is -2.03. The Morgan fingerprint density at radius 1 is 0.682 bits per heavy atom. The summed E-state index contributed by atoms with van der Waals surface area (Å²) in [6.45, 7) is 0. The van der Waals surface area contributed by atoms with Crippen molar-refractivity contribution < 1.29 is 0 Å². The lowest BCUT2D eigenvalue weighted by molar-refractivity contribution is 1.06. The van der Waals surface area contributed by atoms with Crippen LogP contribution in [-0.4, -0.2) is 22.0 Å². The number of aromatic nitrogens is 3. The normalized spacial score (nSPS) is 10.4. The van der Waals surface area contributed by atoms with Crippen LogP contribution in [0.15, 0.2) is 48.5 Å². The van der Waals surface area contributed by atoms with Crippen LogP contribution in [0.2, 0.25) is 0 Å². The van der Waals surface area contributed by atoms with E-state index in [9.17, 15) is 0 Å². The van der Waals surface area contributed by atoms with Crippen molar-refractivity contribution in [2.24, 2.45) is 0 Å². The third-order valence-corrected chi connectivity index (χ3v) is 3.20. The number of rotatable bonds is 3. The van der Waals surface area contributed by atoms with Gasteiger partial charge >= 0.3 is 0 Å². The van der Waals surface area contributed by atoms with E-state index in [2.05, 4.69) is 20.3 Å². The van der Waals surface area contributed by atoms with E-state index in [-0.39, 0.29) is 0 Å². The second-order valence-corrected chi connectivity index (χ2v) is 4.80. The molecule has 0 saturated heterocycles. The van der Waals surface area contributed by atoms with E-state index in [0.29, 0.717) is 29.0 Å². The molecule has 22 heavy (non-hydrogen) atoms. The number of hydrogen-bond donors (Lipinski definition) is 3. The van der Waals surface area contributed by atoms with Gasteiger partial charge in [-0.05, 0) is 48.5 Å². The Morgan fingerprint density at radius 2 is 1.09 bits per heavy atom. The van der Waals surface area contributed by atoms with Crippen molar-refractivity contribution in [2.75, 3.05) is 23.8 Å². The Kier molecular flexibility index (Phi) is 3.57. The second kappa shape index (κ2) is 5.69. The van der Waals surface area contributed by atoms with E-state index in [1.54, 1.807) is 7.05 Å². The summed E-state index contributed by atoms with van der Waals surface area (Å²) in [5.41, 5.74) is 14.6. The highest BCUT2D eigenvalue weighted by Crippen LogP contribution is 2.22. The van der Waals surface area contributed by atoms with Gasteiger partial charge in [0.05, 0.1) is 0 Å². The Morgan fingerprint density at radius 3 is 1.45 bits per heavy atom. The molecule has 0 spiro atoms. The van der Waals surface area contributed by atoms with Crippen LogP contribution in [0.4, 0.5) is 17.3 Å². The van der Waals surface area contributed by atoms with Crippen molar-refractivity contribution in [3.05, 3.63) is 48.5 Å². The first-order valence-corrected chi connectivity index (χ1v) is 6.81. The van der Waals surface area contributed by atoms with E-state index in [1.807, 2.05) is 48.5 Å². The van der Waals surface area contributed by atoms with E-state index >= 15 is 0 Å². The van der Waals surface area contributed by atoms with Gasteiger partial charge in [0.15, 0.2) is 11.6 Å².